The van der Waals surface area contributed by atoms with Gasteiger partial charge in [0.1, 0.15) is 11.5 Å². The van der Waals surface area contributed by atoms with Crippen LogP contribution < -0.4 is 14.3 Å². The molecule has 0 amide bonds. The highest BCUT2D eigenvalue weighted by atomic mass is 32.1. The lowest BCUT2D eigenvalue weighted by Gasteiger charge is -2.20. The summed E-state index contributed by atoms with van der Waals surface area (Å²) >= 11 is 1.64. The zero-order chi connectivity index (χ0) is 20.8. The van der Waals surface area contributed by atoms with Gasteiger partial charge in [0.15, 0.2) is 4.80 Å². The molecule has 2 aromatic heterocycles. The minimum absolute atomic E-state index is 0.306. The first-order valence-corrected chi connectivity index (χ1v) is 10.8. The molecule has 5 nitrogen and oxygen atoms in total. The molecule has 0 saturated heterocycles. The van der Waals surface area contributed by atoms with E-state index in [1.165, 1.54) is 0 Å². The fourth-order valence-corrected chi connectivity index (χ4v) is 4.28. The van der Waals surface area contributed by atoms with Crippen LogP contribution in [0, 0.1) is 5.92 Å². The number of hydrogen-bond acceptors (Lipinski definition) is 5. The molecule has 0 fully saturated rings. The number of methoxy groups -OCH3 is 2. The maximum atomic E-state index is 5.67. The van der Waals surface area contributed by atoms with Gasteiger partial charge in [-0.2, -0.15) is 0 Å². The molecule has 0 aliphatic rings. The Labute approximate surface area is 176 Å². The van der Waals surface area contributed by atoms with E-state index in [4.69, 9.17) is 14.5 Å². The van der Waals surface area contributed by atoms with Crippen molar-refractivity contribution in [2.45, 2.75) is 39.7 Å². The van der Waals surface area contributed by atoms with Crippen LogP contribution in [-0.2, 0) is 0 Å². The Kier molecular flexibility index (Phi) is 7.09. The summed E-state index contributed by atoms with van der Waals surface area (Å²) in [6, 6.07) is 10.1. The highest BCUT2D eigenvalue weighted by Gasteiger charge is 2.18. The van der Waals surface area contributed by atoms with Gasteiger partial charge in [0.05, 0.1) is 31.8 Å². The van der Waals surface area contributed by atoms with Crippen LogP contribution in [0.5, 0.6) is 11.5 Å². The summed E-state index contributed by atoms with van der Waals surface area (Å²) in [6.45, 7) is 6.79. The van der Waals surface area contributed by atoms with E-state index in [9.17, 15) is 0 Å². The molecular formula is C23H29N3O2S. The lowest BCUT2D eigenvalue weighted by molar-refractivity contribution is 0.394. The predicted octanol–water partition coefficient (Wildman–Crippen LogP) is 5.86. The summed E-state index contributed by atoms with van der Waals surface area (Å²) in [5.41, 5.74) is 2.99. The van der Waals surface area contributed by atoms with Crippen LogP contribution in [0.2, 0.25) is 0 Å². The minimum Gasteiger partial charge on any atom is -0.497 e. The summed E-state index contributed by atoms with van der Waals surface area (Å²) < 4.78 is 13.4. The molecule has 3 aromatic rings. The van der Waals surface area contributed by atoms with Crippen molar-refractivity contribution in [2.24, 2.45) is 10.9 Å². The van der Waals surface area contributed by atoms with Crippen molar-refractivity contribution in [3.8, 4) is 22.8 Å². The maximum Gasteiger partial charge on any atom is 0.190 e. The highest BCUT2D eigenvalue weighted by molar-refractivity contribution is 7.07. The van der Waals surface area contributed by atoms with Crippen LogP contribution in [0.1, 0.15) is 39.7 Å². The van der Waals surface area contributed by atoms with Gasteiger partial charge in [0.25, 0.3) is 0 Å². The number of rotatable bonds is 8. The number of ether oxygens (including phenoxy) is 2. The second-order valence-corrected chi connectivity index (χ2v) is 8.32. The molecule has 0 N–H and O–H groups in total. The molecule has 1 aromatic carbocycles. The lowest BCUT2D eigenvalue weighted by atomic mass is 10.0. The highest BCUT2D eigenvalue weighted by Crippen LogP contribution is 2.35. The molecule has 0 radical (unpaired) electrons. The SMILES string of the molecule is COc1ccc(-c2csc(=Nc3cccnc3)n2C(C)CCC(C)C)c(OC)c1. The van der Waals surface area contributed by atoms with Crippen molar-refractivity contribution < 1.29 is 9.47 Å². The average Bonchev–Trinajstić information content (AvgIpc) is 3.15. The Morgan fingerprint density at radius 3 is 2.59 bits per heavy atom. The molecule has 0 spiro atoms. The van der Waals surface area contributed by atoms with Gasteiger partial charge in [-0.15, -0.1) is 11.3 Å². The third kappa shape index (κ3) is 5.07. The van der Waals surface area contributed by atoms with Gasteiger partial charge < -0.3 is 14.0 Å². The van der Waals surface area contributed by atoms with Crippen molar-refractivity contribution in [2.75, 3.05) is 14.2 Å². The van der Waals surface area contributed by atoms with Gasteiger partial charge in [-0.3, -0.25) is 4.98 Å². The van der Waals surface area contributed by atoms with E-state index >= 15 is 0 Å². The van der Waals surface area contributed by atoms with E-state index in [2.05, 4.69) is 41.8 Å². The Hall–Kier alpha value is -2.60. The van der Waals surface area contributed by atoms with Gasteiger partial charge in [-0.25, -0.2) is 4.99 Å². The normalized spacial score (nSPS) is 13.0. The first-order valence-electron chi connectivity index (χ1n) is 9.90. The van der Waals surface area contributed by atoms with E-state index in [0.717, 1.165) is 46.1 Å². The third-order valence-corrected chi connectivity index (χ3v) is 5.74. The van der Waals surface area contributed by atoms with Gasteiger partial charge in [0, 0.05) is 29.2 Å². The van der Waals surface area contributed by atoms with Gasteiger partial charge >= 0.3 is 0 Å². The standard InChI is InChI=1S/C23H29N3O2S/c1-16(2)8-9-17(3)26-21(20-11-10-19(27-4)13-22(20)28-5)15-29-23(26)25-18-7-6-12-24-14-18/h6-7,10-17H,8-9H2,1-5H3. The number of aromatic nitrogens is 2. The molecule has 0 aliphatic heterocycles. The average molecular weight is 412 g/mol. The van der Waals surface area contributed by atoms with Crippen LogP contribution in [0.15, 0.2) is 53.1 Å². The molecule has 154 valence electrons. The number of hydrogen-bond donors (Lipinski definition) is 0. The van der Waals surface area contributed by atoms with Crippen molar-refractivity contribution in [3.63, 3.8) is 0 Å². The van der Waals surface area contributed by atoms with Gasteiger partial charge in [-0.05, 0) is 49.9 Å². The van der Waals surface area contributed by atoms with E-state index in [1.54, 1.807) is 38.0 Å². The monoisotopic (exact) mass is 411 g/mol. The smallest absolute Gasteiger partial charge is 0.190 e. The molecule has 3 rings (SSSR count). The maximum absolute atomic E-state index is 5.67. The molecule has 1 atom stereocenters. The molecule has 0 bridgehead atoms. The first kappa shape index (κ1) is 21.1. The Morgan fingerprint density at radius 2 is 1.93 bits per heavy atom. The number of benzene rings is 1. The number of thiazole rings is 1. The molecule has 6 heteroatoms. The summed E-state index contributed by atoms with van der Waals surface area (Å²) in [5.74, 6) is 2.23. The Morgan fingerprint density at radius 1 is 1.10 bits per heavy atom. The fourth-order valence-electron chi connectivity index (χ4n) is 3.27. The summed E-state index contributed by atoms with van der Waals surface area (Å²) in [5, 5.41) is 2.16. The second kappa shape index (κ2) is 9.74. The Bertz CT molecular complexity index is 993. The number of nitrogens with zero attached hydrogens (tertiary/aromatic N) is 3. The van der Waals surface area contributed by atoms with Crippen LogP contribution in [0.25, 0.3) is 11.3 Å². The Balaban J connectivity index is 2.14. The fraction of sp³-hybridized carbons (Fsp3) is 0.391. The number of pyridine rings is 1. The van der Waals surface area contributed by atoms with E-state index in [0.29, 0.717) is 12.0 Å². The van der Waals surface area contributed by atoms with E-state index in [1.807, 2.05) is 24.3 Å². The molecule has 2 heterocycles. The molecule has 0 aliphatic carbocycles. The predicted molar refractivity (Wildman–Crippen MR) is 119 cm³/mol. The molecular weight excluding hydrogens is 382 g/mol. The minimum atomic E-state index is 0.306. The molecule has 0 saturated carbocycles. The second-order valence-electron chi connectivity index (χ2n) is 7.48. The van der Waals surface area contributed by atoms with E-state index in [-0.39, 0.29) is 0 Å². The summed E-state index contributed by atoms with van der Waals surface area (Å²) in [7, 11) is 3.36. The topological polar surface area (TPSA) is 48.6 Å². The van der Waals surface area contributed by atoms with Crippen molar-refractivity contribution >= 4 is 17.0 Å². The largest absolute Gasteiger partial charge is 0.497 e. The third-order valence-electron chi connectivity index (χ3n) is 4.90. The summed E-state index contributed by atoms with van der Waals surface area (Å²) in [4.78, 5) is 10.0. The quantitative estimate of drug-likeness (QED) is 0.466. The lowest BCUT2D eigenvalue weighted by Crippen LogP contribution is -2.20. The van der Waals surface area contributed by atoms with Gasteiger partial charge in [0.2, 0.25) is 0 Å². The van der Waals surface area contributed by atoms with Crippen molar-refractivity contribution in [3.05, 3.63) is 52.9 Å². The molecule has 29 heavy (non-hydrogen) atoms. The van der Waals surface area contributed by atoms with Crippen LogP contribution in [0.3, 0.4) is 0 Å². The molecule has 1 unspecified atom stereocenters. The van der Waals surface area contributed by atoms with Crippen LogP contribution >= 0.6 is 11.3 Å². The van der Waals surface area contributed by atoms with Crippen molar-refractivity contribution in [1.82, 2.24) is 9.55 Å². The zero-order valence-corrected chi connectivity index (χ0v) is 18.6. The zero-order valence-electron chi connectivity index (χ0n) is 17.8. The van der Waals surface area contributed by atoms with Gasteiger partial charge in [-0.1, -0.05) is 13.8 Å². The van der Waals surface area contributed by atoms with E-state index < -0.39 is 0 Å². The van der Waals surface area contributed by atoms with Crippen LogP contribution in [-0.4, -0.2) is 23.8 Å². The summed E-state index contributed by atoms with van der Waals surface area (Å²) in [6.07, 6.45) is 5.80. The van der Waals surface area contributed by atoms with Crippen molar-refractivity contribution in [1.29, 1.82) is 0 Å². The first-order chi connectivity index (χ1) is 14.0. The van der Waals surface area contributed by atoms with Crippen LogP contribution in [0.4, 0.5) is 5.69 Å².